The third-order valence-electron chi connectivity index (χ3n) is 12.9. The Hall–Kier alpha value is -5.94. The molecular weight excluding hydrogens is 889 g/mol. The predicted molar refractivity (Wildman–Crippen MR) is 275 cm³/mol. The zero-order chi connectivity index (χ0) is 51.6. The van der Waals surface area contributed by atoms with Gasteiger partial charge in [-0.25, -0.2) is 9.78 Å². The van der Waals surface area contributed by atoms with Crippen molar-refractivity contribution >= 4 is 46.9 Å². The highest BCUT2D eigenvalue weighted by molar-refractivity contribution is 6.39. The first-order valence-electron chi connectivity index (χ1n) is 24.9. The molecule has 0 aliphatic carbocycles. The zero-order valence-corrected chi connectivity index (χ0v) is 44.0. The van der Waals surface area contributed by atoms with Crippen molar-refractivity contribution in [3.63, 3.8) is 0 Å². The Balaban J connectivity index is 0.000000265. The number of nitrogen functional groups attached to an aromatic ring is 1. The number of nitrogens with zero attached hydrogens (tertiary/aromatic N) is 8. The first kappa shape index (κ1) is 55.0. The molecule has 0 unspecified atom stereocenters. The van der Waals surface area contributed by atoms with Crippen LogP contribution in [0.15, 0.2) is 60.8 Å². The first-order valence-corrected chi connectivity index (χ1v) is 24.9. The highest BCUT2D eigenvalue weighted by Gasteiger charge is 2.42. The number of hydrogen-bond acceptors (Lipinski definition) is 12. The Morgan fingerprint density at radius 1 is 0.786 bits per heavy atom. The smallest absolute Gasteiger partial charge is 0.410 e. The van der Waals surface area contributed by atoms with E-state index in [-0.39, 0.29) is 61.0 Å². The standard InChI is InChI=1S/C28H40N6O4.C25H40N4O3/c1-7-20-13-22(15-30-25(20)29)31-26(35)28(37)34-16-19(4)33(27(36)18(2)3)17-24(34)21-9-8-10-23(14-21)38-12-11-32(5)6;1-18(2)23(30)28-17-22(29(16-19(28)3)24(31)32-25(4,5)6)20-9-8-10-21(15-20)27-13-11-26(7)12-14-27/h8-10,13-15,18-19,24H,7,11-12,16-17H2,1-6H3,(H2,29,30)(H,31,35);8-10,15,18-19,22H,11-14,16-17H2,1-7H3/t19-,24-;19-,22-/m11/s1. The van der Waals surface area contributed by atoms with Gasteiger partial charge in [0.05, 0.1) is 24.0 Å². The predicted octanol–water partition coefficient (Wildman–Crippen LogP) is 6.17. The van der Waals surface area contributed by atoms with Gasteiger partial charge in [0.2, 0.25) is 11.8 Å². The summed E-state index contributed by atoms with van der Waals surface area (Å²) in [5.74, 6) is -0.506. The van der Waals surface area contributed by atoms with Crippen molar-refractivity contribution in [3.8, 4) is 5.75 Å². The maximum Gasteiger partial charge on any atom is 0.410 e. The fourth-order valence-electron chi connectivity index (χ4n) is 8.88. The molecule has 17 nitrogen and oxygen atoms in total. The first-order chi connectivity index (χ1) is 33.0. The minimum atomic E-state index is -0.766. The molecule has 0 radical (unpaired) electrons. The van der Waals surface area contributed by atoms with Crippen molar-refractivity contribution in [2.24, 2.45) is 11.8 Å². The number of amides is 5. The van der Waals surface area contributed by atoms with Crippen LogP contribution in [0.1, 0.15) is 98.0 Å². The lowest BCUT2D eigenvalue weighted by atomic mass is 9.97. The number of anilines is 3. The molecule has 0 spiro atoms. The molecule has 0 bridgehead atoms. The van der Waals surface area contributed by atoms with E-state index in [1.165, 1.54) is 11.9 Å². The molecule has 4 heterocycles. The molecule has 2 aromatic carbocycles. The summed E-state index contributed by atoms with van der Waals surface area (Å²) >= 11 is 0. The highest BCUT2D eigenvalue weighted by Crippen LogP contribution is 2.34. The maximum absolute atomic E-state index is 13.5. The van der Waals surface area contributed by atoms with Gasteiger partial charge in [-0.1, -0.05) is 58.9 Å². The van der Waals surface area contributed by atoms with Crippen molar-refractivity contribution in [2.75, 3.05) is 103 Å². The largest absolute Gasteiger partial charge is 0.492 e. The van der Waals surface area contributed by atoms with Crippen molar-refractivity contribution in [1.29, 1.82) is 0 Å². The van der Waals surface area contributed by atoms with Crippen LogP contribution in [-0.4, -0.2) is 168 Å². The summed E-state index contributed by atoms with van der Waals surface area (Å²) in [6.07, 6.45) is 1.76. The molecule has 384 valence electrons. The van der Waals surface area contributed by atoms with Crippen LogP contribution in [0.4, 0.5) is 22.0 Å². The highest BCUT2D eigenvalue weighted by atomic mass is 16.6. The number of rotatable bonds is 11. The van der Waals surface area contributed by atoms with E-state index in [0.717, 1.165) is 49.4 Å². The molecule has 3 aromatic rings. The van der Waals surface area contributed by atoms with Gasteiger partial charge in [0.1, 0.15) is 23.8 Å². The molecule has 3 aliphatic rings. The maximum atomic E-state index is 13.5. The summed E-state index contributed by atoms with van der Waals surface area (Å²) in [5.41, 5.74) is 9.50. The fourth-order valence-corrected chi connectivity index (χ4v) is 8.88. The summed E-state index contributed by atoms with van der Waals surface area (Å²) < 4.78 is 11.7. The van der Waals surface area contributed by atoms with Crippen LogP contribution in [0.5, 0.6) is 5.75 Å². The Morgan fingerprint density at radius 2 is 1.34 bits per heavy atom. The quantitative estimate of drug-likeness (QED) is 0.210. The van der Waals surface area contributed by atoms with E-state index >= 15 is 0 Å². The third-order valence-corrected chi connectivity index (χ3v) is 12.9. The number of nitrogens with two attached hydrogens (primary N) is 1. The van der Waals surface area contributed by atoms with Gasteiger partial charge in [0.15, 0.2) is 0 Å². The van der Waals surface area contributed by atoms with Gasteiger partial charge in [-0.15, -0.1) is 0 Å². The number of piperazine rings is 3. The molecule has 3 aliphatic heterocycles. The Labute approximate surface area is 416 Å². The topological polar surface area (TPSA) is 177 Å². The number of likely N-dealkylation sites (N-methyl/N-ethyl adjacent to an activating group) is 2. The van der Waals surface area contributed by atoms with E-state index < -0.39 is 23.5 Å². The van der Waals surface area contributed by atoms with Crippen LogP contribution in [-0.2, 0) is 30.3 Å². The minimum absolute atomic E-state index is 0.0116. The lowest BCUT2D eigenvalue weighted by Crippen LogP contribution is -2.59. The van der Waals surface area contributed by atoms with Crippen LogP contribution in [0.2, 0.25) is 0 Å². The molecule has 1 aromatic heterocycles. The second kappa shape index (κ2) is 24.3. The molecule has 3 saturated heterocycles. The number of ether oxygens (including phenoxy) is 2. The van der Waals surface area contributed by atoms with Crippen LogP contribution < -0.4 is 20.7 Å². The molecule has 70 heavy (non-hydrogen) atoms. The van der Waals surface area contributed by atoms with E-state index in [1.807, 2.05) is 122 Å². The van der Waals surface area contributed by atoms with E-state index in [0.29, 0.717) is 43.4 Å². The zero-order valence-electron chi connectivity index (χ0n) is 44.0. The second-order valence-corrected chi connectivity index (χ2v) is 20.8. The number of carbonyl (C=O) groups is 5. The van der Waals surface area contributed by atoms with Crippen LogP contribution in [0.25, 0.3) is 0 Å². The van der Waals surface area contributed by atoms with Gasteiger partial charge >= 0.3 is 17.9 Å². The number of pyridine rings is 1. The summed E-state index contributed by atoms with van der Waals surface area (Å²) in [7, 11) is 6.10. The van der Waals surface area contributed by atoms with Gasteiger partial charge in [-0.2, -0.15) is 0 Å². The molecule has 6 rings (SSSR count). The normalized spacial score (nSPS) is 20.0. The SMILES string of the molecule is CC(C)C(=O)N1C[C@H](c2cccc(N3CCN(C)CC3)c2)N(C(=O)OC(C)(C)C)C[C@H]1C.CCc1cc(NC(=O)C(=O)N2C[C@@H](C)N(C(=O)C(C)C)C[C@@H]2c2cccc(OCCN(C)C)c2)cnc1N. The van der Waals surface area contributed by atoms with E-state index in [2.05, 4.69) is 51.4 Å². The summed E-state index contributed by atoms with van der Waals surface area (Å²) in [4.78, 5) is 83.7. The molecule has 4 atom stereocenters. The Kier molecular flexibility index (Phi) is 19.1. The summed E-state index contributed by atoms with van der Waals surface area (Å²) in [6.45, 7) is 25.8. The van der Waals surface area contributed by atoms with Gasteiger partial charge in [-0.05, 0) is 109 Å². The summed E-state index contributed by atoms with van der Waals surface area (Å²) in [6, 6.07) is 16.6. The number of aryl methyl sites for hydroxylation is 1. The van der Waals surface area contributed by atoms with Gasteiger partial charge in [0.25, 0.3) is 0 Å². The monoisotopic (exact) mass is 969 g/mol. The second-order valence-electron chi connectivity index (χ2n) is 20.8. The van der Waals surface area contributed by atoms with E-state index in [1.54, 1.807) is 15.9 Å². The Bertz CT molecular complexity index is 2270. The van der Waals surface area contributed by atoms with Gasteiger partial charge in [0, 0.05) is 88.5 Å². The van der Waals surface area contributed by atoms with Crippen LogP contribution >= 0.6 is 0 Å². The Morgan fingerprint density at radius 3 is 1.90 bits per heavy atom. The van der Waals surface area contributed by atoms with E-state index in [4.69, 9.17) is 15.2 Å². The van der Waals surface area contributed by atoms with Crippen LogP contribution in [0, 0.1) is 11.8 Å². The molecule has 17 heteroatoms. The van der Waals surface area contributed by atoms with Gasteiger partial charge < -0.3 is 49.9 Å². The number of aromatic nitrogens is 1. The van der Waals surface area contributed by atoms with Crippen molar-refractivity contribution in [1.82, 2.24) is 34.4 Å². The molecule has 3 N–H and O–H groups in total. The lowest BCUT2D eigenvalue weighted by Gasteiger charge is -2.46. The van der Waals surface area contributed by atoms with Crippen molar-refractivity contribution in [3.05, 3.63) is 77.5 Å². The summed E-state index contributed by atoms with van der Waals surface area (Å²) in [5, 5.41) is 2.67. The van der Waals surface area contributed by atoms with Gasteiger partial charge in [-0.3, -0.25) is 24.1 Å². The fraction of sp³-hybridized carbons (Fsp3) is 0.585. The third kappa shape index (κ3) is 14.6. The molecule has 5 amide bonds. The van der Waals surface area contributed by atoms with E-state index in [9.17, 15) is 24.0 Å². The number of benzene rings is 2. The van der Waals surface area contributed by atoms with Crippen LogP contribution in [0.3, 0.4) is 0 Å². The number of hydrogen-bond donors (Lipinski definition) is 2. The molecule has 3 fully saturated rings. The average Bonchev–Trinajstić information content (AvgIpc) is 3.31. The number of carbonyl (C=O) groups excluding carboxylic acids is 5. The average molecular weight is 969 g/mol. The molecular formula is C53H80N10O7. The van der Waals surface area contributed by atoms with Crippen molar-refractivity contribution < 1.29 is 33.4 Å². The minimum Gasteiger partial charge on any atom is -0.492 e. The van der Waals surface area contributed by atoms with Crippen molar-refractivity contribution in [2.45, 2.75) is 105 Å². The molecule has 0 saturated carbocycles. The number of nitrogens with one attached hydrogen (secondary N) is 1. The lowest BCUT2D eigenvalue weighted by molar-refractivity contribution is -0.152.